The number of carbonyl (C=O) groups is 1. The van der Waals surface area contributed by atoms with Gasteiger partial charge < -0.3 is 15.8 Å². The van der Waals surface area contributed by atoms with Gasteiger partial charge in [-0.3, -0.25) is 4.79 Å². The van der Waals surface area contributed by atoms with Crippen molar-refractivity contribution in [3.05, 3.63) is 0 Å². The summed E-state index contributed by atoms with van der Waals surface area (Å²) in [6.45, 7) is 10.1. The molecule has 0 spiro atoms. The SMILES string of the molecule is CCCC(N)C(=O)NCC1CCCOC1C(C)(C)C.Cl. The Morgan fingerprint density at radius 1 is 1.45 bits per heavy atom. The van der Waals surface area contributed by atoms with Crippen molar-refractivity contribution in [1.29, 1.82) is 0 Å². The second kappa shape index (κ2) is 8.85. The lowest BCUT2D eigenvalue weighted by Gasteiger charge is -2.40. The fraction of sp³-hybridized carbons (Fsp3) is 0.933. The Kier molecular flexibility index (Phi) is 8.71. The molecule has 3 atom stereocenters. The maximum Gasteiger partial charge on any atom is 0.236 e. The van der Waals surface area contributed by atoms with Gasteiger partial charge in [-0.25, -0.2) is 0 Å². The van der Waals surface area contributed by atoms with E-state index in [9.17, 15) is 4.79 Å². The van der Waals surface area contributed by atoms with Crippen LogP contribution in [0.15, 0.2) is 0 Å². The van der Waals surface area contributed by atoms with Crippen molar-refractivity contribution in [2.45, 2.75) is 65.5 Å². The minimum absolute atomic E-state index is 0. The first-order valence-electron chi connectivity index (χ1n) is 7.51. The molecule has 1 fully saturated rings. The summed E-state index contributed by atoms with van der Waals surface area (Å²) in [7, 11) is 0. The van der Waals surface area contributed by atoms with Gasteiger partial charge in [0.15, 0.2) is 0 Å². The highest BCUT2D eigenvalue weighted by Crippen LogP contribution is 2.33. The summed E-state index contributed by atoms with van der Waals surface area (Å²) in [5, 5.41) is 3.00. The van der Waals surface area contributed by atoms with Crippen molar-refractivity contribution in [1.82, 2.24) is 5.32 Å². The highest BCUT2D eigenvalue weighted by Gasteiger charge is 2.35. The monoisotopic (exact) mass is 306 g/mol. The molecule has 1 amide bonds. The number of amides is 1. The van der Waals surface area contributed by atoms with E-state index in [1.165, 1.54) is 0 Å². The molecule has 0 aliphatic carbocycles. The summed E-state index contributed by atoms with van der Waals surface area (Å²) in [5.74, 6) is 0.367. The van der Waals surface area contributed by atoms with Crippen LogP contribution in [0.3, 0.4) is 0 Å². The van der Waals surface area contributed by atoms with Gasteiger partial charge >= 0.3 is 0 Å². The number of carbonyl (C=O) groups excluding carboxylic acids is 1. The molecule has 4 nitrogen and oxygen atoms in total. The largest absolute Gasteiger partial charge is 0.377 e. The number of nitrogens with two attached hydrogens (primary N) is 1. The van der Waals surface area contributed by atoms with Gasteiger partial charge in [-0.05, 0) is 24.7 Å². The van der Waals surface area contributed by atoms with Crippen LogP contribution in [0, 0.1) is 11.3 Å². The summed E-state index contributed by atoms with van der Waals surface area (Å²) >= 11 is 0. The standard InChI is InChI=1S/C15H30N2O2.ClH/c1-5-7-12(16)14(18)17-10-11-8-6-9-19-13(11)15(2,3)4;/h11-13H,5-10,16H2,1-4H3,(H,17,18);1H. The van der Waals surface area contributed by atoms with Crippen molar-refractivity contribution < 1.29 is 9.53 Å². The van der Waals surface area contributed by atoms with Crippen LogP contribution in [0.5, 0.6) is 0 Å². The molecule has 0 aromatic carbocycles. The molecule has 1 saturated heterocycles. The van der Waals surface area contributed by atoms with Crippen LogP contribution in [0.25, 0.3) is 0 Å². The molecule has 0 bridgehead atoms. The molecule has 3 unspecified atom stereocenters. The fourth-order valence-corrected chi connectivity index (χ4v) is 2.81. The zero-order valence-corrected chi connectivity index (χ0v) is 14.1. The van der Waals surface area contributed by atoms with E-state index in [4.69, 9.17) is 10.5 Å². The van der Waals surface area contributed by atoms with Gasteiger partial charge in [0, 0.05) is 19.1 Å². The summed E-state index contributed by atoms with van der Waals surface area (Å²) in [5.41, 5.74) is 5.93. The third kappa shape index (κ3) is 5.98. The van der Waals surface area contributed by atoms with Crippen molar-refractivity contribution >= 4 is 18.3 Å². The van der Waals surface area contributed by atoms with E-state index >= 15 is 0 Å². The minimum Gasteiger partial charge on any atom is -0.377 e. The van der Waals surface area contributed by atoms with Crippen molar-refractivity contribution in [2.24, 2.45) is 17.1 Å². The number of hydrogen-bond acceptors (Lipinski definition) is 3. The summed E-state index contributed by atoms with van der Waals surface area (Å²) in [4.78, 5) is 11.9. The lowest BCUT2D eigenvalue weighted by molar-refractivity contribution is -0.124. The number of hydrogen-bond donors (Lipinski definition) is 2. The summed E-state index contributed by atoms with van der Waals surface area (Å²) in [6.07, 6.45) is 4.09. The highest BCUT2D eigenvalue weighted by atomic mass is 35.5. The molecule has 1 aliphatic heterocycles. The predicted molar refractivity (Wildman–Crippen MR) is 85.1 cm³/mol. The highest BCUT2D eigenvalue weighted by molar-refractivity contribution is 5.85. The molecule has 0 radical (unpaired) electrons. The third-order valence-electron chi connectivity index (χ3n) is 3.77. The van der Waals surface area contributed by atoms with Gasteiger partial charge in [0.1, 0.15) is 0 Å². The fourth-order valence-electron chi connectivity index (χ4n) is 2.81. The van der Waals surface area contributed by atoms with Crippen LogP contribution in [-0.4, -0.2) is 31.2 Å². The van der Waals surface area contributed by atoms with E-state index in [-0.39, 0.29) is 35.9 Å². The first kappa shape index (κ1) is 19.7. The van der Waals surface area contributed by atoms with E-state index in [0.29, 0.717) is 12.5 Å². The van der Waals surface area contributed by atoms with E-state index < -0.39 is 0 Å². The van der Waals surface area contributed by atoms with Crippen LogP contribution >= 0.6 is 12.4 Å². The van der Waals surface area contributed by atoms with Crippen LogP contribution in [-0.2, 0) is 9.53 Å². The molecular formula is C15H31ClN2O2. The Hall–Kier alpha value is -0.320. The molecule has 1 rings (SSSR count). The molecule has 0 aromatic heterocycles. The Balaban J connectivity index is 0.00000361. The number of halogens is 1. The van der Waals surface area contributed by atoms with Crippen molar-refractivity contribution in [3.8, 4) is 0 Å². The maximum absolute atomic E-state index is 11.9. The zero-order valence-electron chi connectivity index (χ0n) is 13.3. The first-order chi connectivity index (χ1) is 8.86. The molecule has 5 heteroatoms. The molecule has 3 N–H and O–H groups in total. The molecule has 20 heavy (non-hydrogen) atoms. The van der Waals surface area contributed by atoms with Gasteiger partial charge in [-0.15, -0.1) is 12.4 Å². The third-order valence-corrected chi connectivity index (χ3v) is 3.77. The van der Waals surface area contributed by atoms with Gasteiger partial charge in [0.05, 0.1) is 12.1 Å². The second-order valence-electron chi connectivity index (χ2n) is 6.70. The van der Waals surface area contributed by atoms with Crippen LogP contribution in [0.4, 0.5) is 0 Å². The first-order valence-corrected chi connectivity index (χ1v) is 7.51. The van der Waals surface area contributed by atoms with Crippen molar-refractivity contribution in [3.63, 3.8) is 0 Å². The smallest absolute Gasteiger partial charge is 0.236 e. The van der Waals surface area contributed by atoms with Crippen LogP contribution < -0.4 is 11.1 Å². The lowest BCUT2D eigenvalue weighted by Crippen LogP contribution is -2.48. The van der Waals surface area contributed by atoms with Gasteiger partial charge in [-0.1, -0.05) is 34.1 Å². The van der Waals surface area contributed by atoms with Gasteiger partial charge in [0.2, 0.25) is 5.91 Å². The molecule has 0 aromatic rings. The van der Waals surface area contributed by atoms with E-state index in [2.05, 4.69) is 26.1 Å². The topological polar surface area (TPSA) is 64.4 Å². The quantitative estimate of drug-likeness (QED) is 0.820. The van der Waals surface area contributed by atoms with Crippen molar-refractivity contribution in [2.75, 3.05) is 13.2 Å². The maximum atomic E-state index is 11.9. The van der Waals surface area contributed by atoms with E-state index in [1.807, 2.05) is 6.92 Å². The molecule has 120 valence electrons. The van der Waals surface area contributed by atoms with Gasteiger partial charge in [0.25, 0.3) is 0 Å². The summed E-state index contributed by atoms with van der Waals surface area (Å²) in [6, 6.07) is -0.373. The Bertz CT molecular complexity index is 292. The van der Waals surface area contributed by atoms with Gasteiger partial charge in [-0.2, -0.15) is 0 Å². The second-order valence-corrected chi connectivity index (χ2v) is 6.70. The number of rotatable bonds is 5. The molecule has 1 aliphatic rings. The summed E-state index contributed by atoms with van der Waals surface area (Å²) < 4.78 is 5.91. The average molecular weight is 307 g/mol. The Labute approximate surface area is 129 Å². The molecular weight excluding hydrogens is 276 g/mol. The molecule has 0 saturated carbocycles. The average Bonchev–Trinajstić information content (AvgIpc) is 2.35. The minimum atomic E-state index is -0.373. The Morgan fingerprint density at radius 3 is 2.65 bits per heavy atom. The van der Waals surface area contributed by atoms with Crippen LogP contribution in [0.1, 0.15) is 53.4 Å². The Morgan fingerprint density at radius 2 is 2.10 bits per heavy atom. The molecule has 1 heterocycles. The number of ether oxygens (including phenoxy) is 1. The number of nitrogens with one attached hydrogen (secondary N) is 1. The predicted octanol–water partition coefficient (Wildman–Crippen LogP) is 2.49. The normalized spacial score (nSPS) is 24.6. The van der Waals surface area contributed by atoms with E-state index in [1.54, 1.807) is 0 Å². The zero-order chi connectivity index (χ0) is 14.5. The lowest BCUT2D eigenvalue weighted by atomic mass is 9.78. The van der Waals surface area contributed by atoms with Crippen LogP contribution in [0.2, 0.25) is 0 Å². The van der Waals surface area contributed by atoms with E-state index in [0.717, 1.165) is 32.3 Å².